The maximum absolute atomic E-state index is 11.0. The summed E-state index contributed by atoms with van der Waals surface area (Å²) in [7, 11) is 0. The Hall–Kier alpha value is -2.29. The highest BCUT2D eigenvalue weighted by atomic mass is 32.1. The minimum atomic E-state index is -0.524. The third kappa shape index (κ3) is 2.51. The van der Waals surface area contributed by atoms with Gasteiger partial charge in [-0.2, -0.15) is 4.98 Å². The highest BCUT2D eigenvalue weighted by Gasteiger charge is 2.21. The Bertz CT molecular complexity index is 571. The van der Waals surface area contributed by atoms with Gasteiger partial charge in [-0.15, -0.1) is 11.3 Å². The zero-order valence-corrected chi connectivity index (χ0v) is 10.3. The molecule has 2 aromatic rings. The van der Waals surface area contributed by atoms with Gasteiger partial charge in [-0.3, -0.25) is 15.1 Å². The largest absolute Gasteiger partial charge is 0.368 e. The van der Waals surface area contributed by atoms with Crippen LogP contribution < -0.4 is 11.1 Å². The van der Waals surface area contributed by atoms with Crippen molar-refractivity contribution in [2.45, 2.75) is 13.5 Å². The molecule has 94 valence electrons. The first-order valence-corrected chi connectivity index (χ1v) is 5.85. The Morgan fingerprint density at radius 2 is 2.33 bits per heavy atom. The lowest BCUT2D eigenvalue weighted by molar-refractivity contribution is -0.385. The van der Waals surface area contributed by atoms with Crippen molar-refractivity contribution in [2.24, 2.45) is 0 Å². The van der Waals surface area contributed by atoms with Crippen LogP contribution in [-0.4, -0.2) is 19.9 Å². The molecule has 0 saturated carbocycles. The predicted molar refractivity (Wildman–Crippen MR) is 67.3 cm³/mol. The standard InChI is InChI=1S/C9H10N6O2S/c1-5-7(15(16)17)8(14-9(10)13-5)12-3-6-2-11-4-18-6/h2,4H,3H2,1H3,(H3,10,12,13,14). The van der Waals surface area contributed by atoms with E-state index in [1.165, 1.54) is 18.3 Å². The molecule has 9 heteroatoms. The molecule has 0 bridgehead atoms. The van der Waals surface area contributed by atoms with Gasteiger partial charge in [0.05, 0.1) is 17.0 Å². The number of nitro groups is 1. The van der Waals surface area contributed by atoms with Crippen molar-refractivity contribution in [3.63, 3.8) is 0 Å². The van der Waals surface area contributed by atoms with Crippen molar-refractivity contribution in [3.05, 3.63) is 32.4 Å². The Labute approximate surface area is 106 Å². The van der Waals surface area contributed by atoms with Crippen LogP contribution in [0.15, 0.2) is 11.7 Å². The smallest absolute Gasteiger partial charge is 0.332 e. The van der Waals surface area contributed by atoms with E-state index in [0.717, 1.165) is 4.88 Å². The van der Waals surface area contributed by atoms with Gasteiger partial charge in [0.15, 0.2) is 0 Å². The SMILES string of the molecule is Cc1nc(N)nc(NCc2cncs2)c1[N+](=O)[O-]. The first-order chi connectivity index (χ1) is 8.58. The zero-order chi connectivity index (χ0) is 13.1. The molecule has 0 radical (unpaired) electrons. The van der Waals surface area contributed by atoms with E-state index < -0.39 is 4.92 Å². The van der Waals surface area contributed by atoms with Crippen LogP contribution in [0.5, 0.6) is 0 Å². The Morgan fingerprint density at radius 1 is 1.56 bits per heavy atom. The average molecular weight is 266 g/mol. The number of thiazole rings is 1. The van der Waals surface area contributed by atoms with Crippen LogP contribution in [0, 0.1) is 17.0 Å². The molecule has 18 heavy (non-hydrogen) atoms. The summed E-state index contributed by atoms with van der Waals surface area (Å²) in [6.07, 6.45) is 1.68. The second-order valence-electron chi connectivity index (χ2n) is 3.44. The molecule has 3 N–H and O–H groups in total. The monoisotopic (exact) mass is 266 g/mol. The summed E-state index contributed by atoms with van der Waals surface area (Å²) in [4.78, 5) is 22.9. The molecule has 2 aromatic heterocycles. The van der Waals surface area contributed by atoms with E-state index in [-0.39, 0.29) is 23.1 Å². The maximum Gasteiger partial charge on any atom is 0.332 e. The molecular formula is C9H10N6O2S. The lowest BCUT2D eigenvalue weighted by atomic mass is 10.3. The summed E-state index contributed by atoms with van der Waals surface area (Å²) < 4.78 is 0. The number of aryl methyl sites for hydroxylation is 1. The van der Waals surface area contributed by atoms with Crippen molar-refractivity contribution in [2.75, 3.05) is 11.1 Å². The fourth-order valence-electron chi connectivity index (χ4n) is 1.43. The third-order valence-corrected chi connectivity index (χ3v) is 2.95. The number of nitrogens with one attached hydrogen (secondary N) is 1. The summed E-state index contributed by atoms with van der Waals surface area (Å²) in [5.41, 5.74) is 7.25. The van der Waals surface area contributed by atoms with Crippen LogP contribution in [0.3, 0.4) is 0 Å². The Morgan fingerprint density at radius 3 is 2.94 bits per heavy atom. The molecule has 0 unspecified atom stereocenters. The van der Waals surface area contributed by atoms with Crippen molar-refractivity contribution < 1.29 is 4.92 Å². The van der Waals surface area contributed by atoms with Crippen molar-refractivity contribution in [3.8, 4) is 0 Å². The molecule has 0 amide bonds. The molecule has 8 nitrogen and oxygen atoms in total. The van der Waals surface area contributed by atoms with E-state index >= 15 is 0 Å². The predicted octanol–water partition coefficient (Wildman–Crippen LogP) is 1.34. The quantitative estimate of drug-likeness (QED) is 0.632. The molecule has 0 aliphatic rings. The first-order valence-electron chi connectivity index (χ1n) is 4.97. The number of rotatable bonds is 4. The molecule has 0 aromatic carbocycles. The van der Waals surface area contributed by atoms with Crippen molar-refractivity contribution in [1.29, 1.82) is 0 Å². The van der Waals surface area contributed by atoms with Gasteiger partial charge in [0.25, 0.3) is 0 Å². The van der Waals surface area contributed by atoms with E-state index in [1.807, 2.05) is 0 Å². The minimum Gasteiger partial charge on any atom is -0.368 e. The molecular weight excluding hydrogens is 256 g/mol. The summed E-state index contributed by atoms with van der Waals surface area (Å²) in [5, 5.41) is 13.8. The molecule has 0 aliphatic heterocycles. The topological polar surface area (TPSA) is 120 Å². The van der Waals surface area contributed by atoms with Gasteiger partial charge < -0.3 is 11.1 Å². The van der Waals surface area contributed by atoms with Crippen molar-refractivity contribution >= 4 is 28.8 Å². The van der Waals surface area contributed by atoms with Crippen LogP contribution in [0.1, 0.15) is 10.6 Å². The van der Waals surface area contributed by atoms with Crippen LogP contribution in [0.2, 0.25) is 0 Å². The molecule has 0 fully saturated rings. The molecule has 0 atom stereocenters. The maximum atomic E-state index is 11.0. The van der Waals surface area contributed by atoms with Gasteiger partial charge in [0, 0.05) is 11.1 Å². The second-order valence-corrected chi connectivity index (χ2v) is 4.41. The van der Waals surface area contributed by atoms with Gasteiger partial charge in [-0.1, -0.05) is 0 Å². The van der Waals surface area contributed by atoms with Gasteiger partial charge in [-0.25, -0.2) is 4.98 Å². The average Bonchev–Trinajstić information content (AvgIpc) is 2.77. The van der Waals surface area contributed by atoms with E-state index in [9.17, 15) is 10.1 Å². The number of nitrogens with two attached hydrogens (primary N) is 1. The van der Waals surface area contributed by atoms with E-state index in [1.54, 1.807) is 11.7 Å². The van der Waals surface area contributed by atoms with E-state index in [2.05, 4.69) is 20.3 Å². The van der Waals surface area contributed by atoms with E-state index in [4.69, 9.17) is 5.73 Å². The van der Waals surface area contributed by atoms with Crippen LogP contribution in [-0.2, 0) is 6.54 Å². The fourth-order valence-corrected chi connectivity index (χ4v) is 1.97. The van der Waals surface area contributed by atoms with Crippen LogP contribution in [0.4, 0.5) is 17.5 Å². The summed E-state index contributed by atoms with van der Waals surface area (Å²) in [6, 6.07) is 0. The first kappa shape index (κ1) is 12.2. The minimum absolute atomic E-state index is 0.00454. The van der Waals surface area contributed by atoms with Gasteiger partial charge in [0.2, 0.25) is 11.8 Å². The normalized spacial score (nSPS) is 10.3. The molecule has 0 saturated heterocycles. The highest BCUT2D eigenvalue weighted by molar-refractivity contribution is 7.09. The summed E-state index contributed by atoms with van der Waals surface area (Å²) in [5.74, 6) is 0.128. The number of nitrogens with zero attached hydrogens (tertiary/aromatic N) is 4. The van der Waals surface area contributed by atoms with E-state index in [0.29, 0.717) is 6.54 Å². The lowest BCUT2D eigenvalue weighted by Crippen LogP contribution is -2.09. The van der Waals surface area contributed by atoms with Gasteiger partial charge in [0.1, 0.15) is 5.69 Å². The number of nitrogen functional groups attached to an aromatic ring is 1. The Balaban J connectivity index is 2.28. The molecule has 0 aliphatic carbocycles. The van der Waals surface area contributed by atoms with Gasteiger partial charge in [-0.05, 0) is 6.92 Å². The van der Waals surface area contributed by atoms with Crippen molar-refractivity contribution in [1.82, 2.24) is 15.0 Å². The van der Waals surface area contributed by atoms with Crippen LogP contribution in [0.25, 0.3) is 0 Å². The summed E-state index contributed by atoms with van der Waals surface area (Å²) >= 11 is 1.45. The molecule has 0 spiro atoms. The Kier molecular flexibility index (Phi) is 3.33. The zero-order valence-electron chi connectivity index (χ0n) is 9.45. The number of hydrogen-bond donors (Lipinski definition) is 2. The lowest BCUT2D eigenvalue weighted by Gasteiger charge is -2.06. The van der Waals surface area contributed by atoms with Gasteiger partial charge >= 0.3 is 5.69 Å². The third-order valence-electron chi connectivity index (χ3n) is 2.17. The fraction of sp³-hybridized carbons (Fsp3) is 0.222. The highest BCUT2D eigenvalue weighted by Crippen LogP contribution is 2.26. The van der Waals surface area contributed by atoms with Crippen LogP contribution >= 0.6 is 11.3 Å². The number of hydrogen-bond acceptors (Lipinski definition) is 8. The molecule has 2 heterocycles. The number of aromatic nitrogens is 3. The summed E-state index contributed by atoms with van der Waals surface area (Å²) in [6.45, 7) is 1.93. The molecule has 2 rings (SSSR count). The number of anilines is 2. The second kappa shape index (κ2) is 4.92.